The van der Waals surface area contributed by atoms with Crippen LogP contribution in [0.2, 0.25) is 0 Å². The topological polar surface area (TPSA) is 29.5 Å². The fourth-order valence-corrected chi connectivity index (χ4v) is 2.42. The number of rotatable bonds is 1. The Morgan fingerprint density at radius 1 is 1.25 bits per heavy atom. The average Bonchev–Trinajstić information content (AvgIpc) is 2.30. The molecule has 2 unspecified atom stereocenters. The highest BCUT2D eigenvalue weighted by Gasteiger charge is 2.45. The highest BCUT2D eigenvalue weighted by molar-refractivity contribution is 4.95. The molecule has 2 aliphatic rings. The molecule has 2 nitrogen and oxygen atoms in total. The maximum atomic E-state index is 10.2. The summed E-state index contributed by atoms with van der Waals surface area (Å²) < 4.78 is 5.68. The number of hydrogen-bond acceptors (Lipinski definition) is 2. The Labute approximate surface area is 73.9 Å². The second-order valence-corrected chi connectivity index (χ2v) is 4.62. The maximum absolute atomic E-state index is 10.2. The zero-order chi connectivity index (χ0) is 8.77. The van der Waals surface area contributed by atoms with E-state index in [-0.39, 0.29) is 0 Å². The van der Waals surface area contributed by atoms with Gasteiger partial charge in [0.05, 0.1) is 17.8 Å². The molecule has 1 N–H and O–H groups in total. The minimum atomic E-state index is -0.440. The SMILES string of the molecule is CC(C)C1(O)CC2CC[C@H](C1)O2. The Hall–Kier alpha value is -0.0800. The molecule has 0 aromatic heterocycles. The minimum absolute atomic E-state index is 0.344. The molecule has 2 rings (SSSR count). The first-order chi connectivity index (χ1) is 5.60. The van der Waals surface area contributed by atoms with Crippen molar-refractivity contribution in [3.05, 3.63) is 0 Å². The molecule has 12 heavy (non-hydrogen) atoms. The van der Waals surface area contributed by atoms with Crippen LogP contribution in [0.1, 0.15) is 39.5 Å². The number of hydrogen-bond donors (Lipinski definition) is 1. The van der Waals surface area contributed by atoms with Crippen molar-refractivity contribution in [1.82, 2.24) is 0 Å². The van der Waals surface area contributed by atoms with Gasteiger partial charge in [0, 0.05) is 12.8 Å². The highest BCUT2D eigenvalue weighted by Crippen LogP contribution is 2.41. The molecule has 0 aromatic rings. The molecule has 0 radical (unpaired) electrons. The van der Waals surface area contributed by atoms with E-state index < -0.39 is 5.60 Å². The zero-order valence-corrected chi connectivity index (χ0v) is 7.92. The molecule has 0 saturated carbocycles. The first-order valence-electron chi connectivity index (χ1n) is 4.98. The number of ether oxygens (including phenoxy) is 1. The second-order valence-electron chi connectivity index (χ2n) is 4.62. The van der Waals surface area contributed by atoms with Crippen molar-refractivity contribution in [2.24, 2.45) is 5.92 Å². The summed E-state index contributed by atoms with van der Waals surface area (Å²) in [5, 5.41) is 10.2. The second kappa shape index (κ2) is 2.71. The van der Waals surface area contributed by atoms with Gasteiger partial charge in [-0.15, -0.1) is 0 Å². The molecule has 2 heteroatoms. The lowest BCUT2D eigenvalue weighted by atomic mass is 9.81. The fraction of sp³-hybridized carbons (Fsp3) is 1.00. The highest BCUT2D eigenvalue weighted by atomic mass is 16.5. The standard InChI is InChI=1S/C10H18O2/c1-7(2)10(11)5-8-3-4-9(6-10)12-8/h7-9,11H,3-6H2,1-2H3/t8-,9?,10?/m1/s1. The van der Waals surface area contributed by atoms with E-state index in [0.717, 1.165) is 25.7 Å². The Bertz CT molecular complexity index is 165. The fourth-order valence-electron chi connectivity index (χ4n) is 2.42. The smallest absolute Gasteiger partial charge is 0.0719 e. The Balaban J connectivity index is 2.10. The summed E-state index contributed by atoms with van der Waals surface area (Å²) in [6.45, 7) is 4.20. The van der Waals surface area contributed by atoms with Gasteiger partial charge < -0.3 is 9.84 Å². The van der Waals surface area contributed by atoms with E-state index in [9.17, 15) is 5.11 Å². The molecular weight excluding hydrogens is 152 g/mol. The van der Waals surface area contributed by atoms with Crippen molar-refractivity contribution >= 4 is 0 Å². The van der Waals surface area contributed by atoms with Crippen molar-refractivity contribution in [3.8, 4) is 0 Å². The normalized spacial score (nSPS) is 47.0. The molecule has 0 amide bonds. The van der Waals surface area contributed by atoms with Gasteiger partial charge in [0.2, 0.25) is 0 Å². The van der Waals surface area contributed by atoms with Gasteiger partial charge in [0.25, 0.3) is 0 Å². The van der Waals surface area contributed by atoms with Gasteiger partial charge in [-0.2, -0.15) is 0 Å². The van der Waals surface area contributed by atoms with Crippen molar-refractivity contribution in [3.63, 3.8) is 0 Å². The van der Waals surface area contributed by atoms with Crippen molar-refractivity contribution in [1.29, 1.82) is 0 Å². The van der Waals surface area contributed by atoms with Gasteiger partial charge in [-0.1, -0.05) is 13.8 Å². The summed E-state index contributed by atoms with van der Waals surface area (Å²) in [5.74, 6) is 0.365. The van der Waals surface area contributed by atoms with Crippen LogP contribution in [-0.4, -0.2) is 22.9 Å². The summed E-state index contributed by atoms with van der Waals surface area (Å²) in [6, 6.07) is 0. The molecule has 2 fully saturated rings. The lowest BCUT2D eigenvalue weighted by Gasteiger charge is -2.39. The predicted molar refractivity (Wildman–Crippen MR) is 46.9 cm³/mol. The van der Waals surface area contributed by atoms with E-state index in [1.54, 1.807) is 0 Å². The van der Waals surface area contributed by atoms with Crippen LogP contribution in [0.15, 0.2) is 0 Å². The molecule has 2 saturated heterocycles. The quantitative estimate of drug-likeness (QED) is 0.649. The zero-order valence-electron chi connectivity index (χ0n) is 7.92. The predicted octanol–water partition coefficient (Wildman–Crippen LogP) is 1.71. The van der Waals surface area contributed by atoms with Gasteiger partial charge in [0.15, 0.2) is 0 Å². The Kier molecular flexibility index (Phi) is 1.92. The van der Waals surface area contributed by atoms with E-state index in [1.165, 1.54) is 0 Å². The largest absolute Gasteiger partial charge is 0.389 e. The summed E-state index contributed by atoms with van der Waals surface area (Å²) >= 11 is 0. The third-order valence-corrected chi connectivity index (χ3v) is 3.43. The van der Waals surface area contributed by atoms with Gasteiger partial charge in [0.1, 0.15) is 0 Å². The number of fused-ring (bicyclic) bond motifs is 2. The summed E-state index contributed by atoms with van der Waals surface area (Å²) in [4.78, 5) is 0. The molecule has 2 aliphatic heterocycles. The van der Waals surface area contributed by atoms with Gasteiger partial charge in [-0.05, 0) is 18.8 Å². The van der Waals surface area contributed by atoms with Crippen molar-refractivity contribution < 1.29 is 9.84 Å². The van der Waals surface area contributed by atoms with E-state index >= 15 is 0 Å². The molecule has 0 aliphatic carbocycles. The molecule has 0 spiro atoms. The summed E-state index contributed by atoms with van der Waals surface area (Å²) in [6.07, 6.45) is 4.69. The Morgan fingerprint density at radius 2 is 1.75 bits per heavy atom. The summed E-state index contributed by atoms with van der Waals surface area (Å²) in [7, 11) is 0. The lowest BCUT2D eigenvalue weighted by molar-refractivity contribution is -0.132. The first-order valence-corrected chi connectivity index (χ1v) is 4.98. The monoisotopic (exact) mass is 170 g/mol. The van der Waals surface area contributed by atoms with E-state index in [0.29, 0.717) is 18.1 Å². The van der Waals surface area contributed by atoms with E-state index in [2.05, 4.69) is 13.8 Å². The average molecular weight is 170 g/mol. The minimum Gasteiger partial charge on any atom is -0.389 e. The van der Waals surface area contributed by atoms with Gasteiger partial charge in [-0.3, -0.25) is 0 Å². The third-order valence-electron chi connectivity index (χ3n) is 3.43. The Morgan fingerprint density at radius 3 is 2.17 bits per heavy atom. The number of aliphatic hydroxyl groups is 1. The summed E-state index contributed by atoms with van der Waals surface area (Å²) in [5.41, 5.74) is -0.440. The maximum Gasteiger partial charge on any atom is 0.0719 e. The lowest BCUT2D eigenvalue weighted by Crippen LogP contribution is -2.44. The molecular formula is C10H18O2. The van der Waals surface area contributed by atoms with Crippen LogP contribution in [0.4, 0.5) is 0 Å². The van der Waals surface area contributed by atoms with Crippen LogP contribution in [0.3, 0.4) is 0 Å². The van der Waals surface area contributed by atoms with Crippen LogP contribution in [0.25, 0.3) is 0 Å². The van der Waals surface area contributed by atoms with Crippen LogP contribution in [0, 0.1) is 5.92 Å². The van der Waals surface area contributed by atoms with Crippen LogP contribution < -0.4 is 0 Å². The molecule has 70 valence electrons. The molecule has 2 heterocycles. The van der Waals surface area contributed by atoms with Crippen molar-refractivity contribution in [2.45, 2.75) is 57.3 Å². The van der Waals surface area contributed by atoms with Crippen LogP contribution in [-0.2, 0) is 4.74 Å². The van der Waals surface area contributed by atoms with Crippen molar-refractivity contribution in [2.75, 3.05) is 0 Å². The molecule has 0 aromatic carbocycles. The first kappa shape index (κ1) is 8.52. The van der Waals surface area contributed by atoms with Gasteiger partial charge in [-0.25, -0.2) is 0 Å². The third kappa shape index (κ3) is 1.27. The van der Waals surface area contributed by atoms with Crippen LogP contribution >= 0.6 is 0 Å². The molecule has 2 bridgehead atoms. The van der Waals surface area contributed by atoms with Gasteiger partial charge >= 0.3 is 0 Å². The molecule has 3 atom stereocenters. The van der Waals surface area contributed by atoms with E-state index in [1.807, 2.05) is 0 Å². The van der Waals surface area contributed by atoms with Crippen LogP contribution in [0.5, 0.6) is 0 Å². The van der Waals surface area contributed by atoms with E-state index in [4.69, 9.17) is 4.74 Å².